The van der Waals surface area contributed by atoms with Gasteiger partial charge >= 0.3 is 0 Å². The van der Waals surface area contributed by atoms with Crippen LogP contribution in [0.3, 0.4) is 0 Å². The Balaban J connectivity index is 1.44. The maximum Gasteiger partial charge on any atom is 0.260 e. The van der Waals surface area contributed by atoms with Crippen molar-refractivity contribution in [3.63, 3.8) is 0 Å². The highest BCUT2D eigenvalue weighted by Crippen LogP contribution is 2.32. The minimum absolute atomic E-state index is 0.0289. The van der Waals surface area contributed by atoms with Gasteiger partial charge in [0.15, 0.2) is 10.3 Å². The molecule has 4 aromatic rings. The van der Waals surface area contributed by atoms with E-state index in [9.17, 15) is 4.79 Å². The molecule has 1 atom stereocenters. The standard InChI is InChI=1S/C26H26N4O2S2/c1-17-14-18(2)28-25(27-17)33-16-19-8-3-4-10-21(19)24(31)30(15-20-9-7-13-32-20)26-29-22-11-5-6-12-23(22)34-26/h3-6,8,10-12,14,20H,7,9,13,15-16H2,1-2H3/t20-/m0/s1. The van der Waals surface area contributed by atoms with E-state index >= 15 is 0 Å². The Morgan fingerprint density at radius 3 is 2.62 bits per heavy atom. The van der Waals surface area contributed by atoms with Crippen LogP contribution in [0.1, 0.15) is 40.2 Å². The van der Waals surface area contributed by atoms with Crippen LogP contribution >= 0.6 is 23.1 Å². The number of thioether (sulfide) groups is 1. The molecule has 174 valence electrons. The normalized spacial score (nSPS) is 15.6. The zero-order valence-electron chi connectivity index (χ0n) is 19.2. The number of aromatic nitrogens is 3. The molecular weight excluding hydrogens is 464 g/mol. The summed E-state index contributed by atoms with van der Waals surface area (Å²) in [5.41, 5.74) is 4.43. The summed E-state index contributed by atoms with van der Waals surface area (Å²) < 4.78 is 6.95. The van der Waals surface area contributed by atoms with Crippen LogP contribution < -0.4 is 4.90 Å². The van der Waals surface area contributed by atoms with Crippen molar-refractivity contribution in [1.82, 2.24) is 15.0 Å². The van der Waals surface area contributed by atoms with Crippen LogP contribution in [0.5, 0.6) is 0 Å². The van der Waals surface area contributed by atoms with E-state index in [1.54, 1.807) is 28.0 Å². The van der Waals surface area contributed by atoms with E-state index in [4.69, 9.17) is 9.72 Å². The monoisotopic (exact) mass is 490 g/mol. The number of benzene rings is 2. The first-order chi connectivity index (χ1) is 16.6. The molecule has 0 aliphatic carbocycles. The van der Waals surface area contributed by atoms with Crippen molar-refractivity contribution >= 4 is 44.4 Å². The Morgan fingerprint density at radius 1 is 1.09 bits per heavy atom. The highest BCUT2D eigenvalue weighted by atomic mass is 32.2. The van der Waals surface area contributed by atoms with Gasteiger partial charge in [0.1, 0.15) is 0 Å². The van der Waals surface area contributed by atoms with Crippen LogP contribution in [-0.2, 0) is 10.5 Å². The van der Waals surface area contributed by atoms with Crippen molar-refractivity contribution in [3.05, 3.63) is 77.1 Å². The van der Waals surface area contributed by atoms with E-state index < -0.39 is 0 Å². The molecule has 0 bridgehead atoms. The molecule has 0 spiro atoms. The molecule has 3 heterocycles. The number of aryl methyl sites for hydroxylation is 2. The van der Waals surface area contributed by atoms with Crippen molar-refractivity contribution in [2.45, 2.75) is 43.7 Å². The molecule has 2 aromatic carbocycles. The predicted molar refractivity (Wildman–Crippen MR) is 138 cm³/mol. The van der Waals surface area contributed by atoms with Gasteiger partial charge in [-0.05, 0) is 56.5 Å². The lowest BCUT2D eigenvalue weighted by Crippen LogP contribution is -2.38. The van der Waals surface area contributed by atoms with Gasteiger partial charge in [0.2, 0.25) is 0 Å². The lowest BCUT2D eigenvalue weighted by atomic mass is 10.1. The highest BCUT2D eigenvalue weighted by Gasteiger charge is 2.28. The highest BCUT2D eigenvalue weighted by molar-refractivity contribution is 7.98. The zero-order valence-corrected chi connectivity index (χ0v) is 20.9. The lowest BCUT2D eigenvalue weighted by molar-refractivity contribution is 0.0917. The SMILES string of the molecule is Cc1cc(C)nc(SCc2ccccc2C(=O)N(C[C@@H]2CCCO2)c2nc3ccccc3s2)n1. The summed E-state index contributed by atoms with van der Waals surface area (Å²) in [5, 5.41) is 1.43. The zero-order chi connectivity index (χ0) is 23.5. The summed E-state index contributed by atoms with van der Waals surface area (Å²) >= 11 is 3.09. The molecule has 0 unspecified atom stereocenters. The fourth-order valence-corrected chi connectivity index (χ4v) is 6.04. The number of amides is 1. The summed E-state index contributed by atoms with van der Waals surface area (Å²) in [4.78, 5) is 29.6. The van der Waals surface area contributed by atoms with Crippen LogP contribution in [0.25, 0.3) is 10.2 Å². The van der Waals surface area contributed by atoms with Crippen molar-refractivity contribution < 1.29 is 9.53 Å². The Kier molecular flexibility index (Phi) is 6.89. The molecule has 0 radical (unpaired) electrons. The molecule has 0 N–H and O–H groups in total. The first-order valence-corrected chi connectivity index (χ1v) is 13.2. The van der Waals surface area contributed by atoms with Crippen molar-refractivity contribution in [3.8, 4) is 0 Å². The number of anilines is 1. The molecule has 1 aliphatic rings. The molecule has 2 aromatic heterocycles. The third kappa shape index (κ3) is 5.14. The number of ether oxygens (including phenoxy) is 1. The Bertz CT molecular complexity index is 1260. The fourth-order valence-electron chi connectivity index (χ4n) is 4.12. The lowest BCUT2D eigenvalue weighted by Gasteiger charge is -2.24. The molecule has 1 fully saturated rings. The minimum atomic E-state index is -0.0490. The molecule has 1 amide bonds. The molecule has 6 nitrogen and oxygen atoms in total. The van der Waals surface area contributed by atoms with Gasteiger partial charge in [-0.15, -0.1) is 0 Å². The van der Waals surface area contributed by atoms with E-state index in [1.165, 1.54) is 0 Å². The summed E-state index contributed by atoms with van der Waals surface area (Å²) in [7, 11) is 0. The number of thiazole rings is 1. The minimum Gasteiger partial charge on any atom is -0.376 e. The Morgan fingerprint density at radius 2 is 1.85 bits per heavy atom. The number of hydrogen-bond donors (Lipinski definition) is 0. The van der Waals surface area contributed by atoms with E-state index in [0.29, 0.717) is 23.0 Å². The van der Waals surface area contributed by atoms with E-state index in [-0.39, 0.29) is 12.0 Å². The summed E-state index contributed by atoms with van der Waals surface area (Å²) in [6.07, 6.45) is 2.01. The first kappa shape index (κ1) is 23.0. The second-order valence-corrected chi connectivity index (χ2v) is 10.3. The van der Waals surface area contributed by atoms with Crippen molar-refractivity contribution in [2.75, 3.05) is 18.1 Å². The smallest absolute Gasteiger partial charge is 0.260 e. The van der Waals surface area contributed by atoms with Gasteiger partial charge in [0, 0.05) is 29.3 Å². The number of para-hydroxylation sites is 1. The summed E-state index contributed by atoms with van der Waals surface area (Å²) in [6, 6.07) is 17.7. The number of nitrogens with zero attached hydrogens (tertiary/aromatic N) is 4. The number of hydrogen-bond acceptors (Lipinski definition) is 7. The van der Waals surface area contributed by atoms with E-state index in [1.807, 2.05) is 68.4 Å². The quantitative estimate of drug-likeness (QED) is 0.240. The molecule has 8 heteroatoms. The number of rotatable bonds is 7. The summed E-state index contributed by atoms with van der Waals surface area (Å²) in [6.45, 7) is 5.18. The van der Waals surface area contributed by atoms with Gasteiger partial charge in [-0.1, -0.05) is 53.4 Å². The maximum absolute atomic E-state index is 13.9. The molecule has 1 aliphatic heterocycles. The predicted octanol–water partition coefficient (Wildman–Crippen LogP) is 5.82. The van der Waals surface area contributed by atoms with Gasteiger partial charge in [-0.2, -0.15) is 0 Å². The second-order valence-electron chi connectivity index (χ2n) is 8.39. The van der Waals surface area contributed by atoms with E-state index in [2.05, 4.69) is 9.97 Å². The molecule has 5 rings (SSSR count). The Hall–Kier alpha value is -2.81. The van der Waals surface area contributed by atoms with Crippen LogP contribution in [0.4, 0.5) is 5.13 Å². The fraction of sp³-hybridized carbons (Fsp3) is 0.308. The number of carbonyl (C=O) groups is 1. The third-order valence-corrected chi connectivity index (χ3v) is 7.69. The second kappa shape index (κ2) is 10.2. The molecule has 0 saturated carbocycles. The number of carbonyl (C=O) groups excluding carboxylic acids is 1. The third-order valence-electron chi connectivity index (χ3n) is 5.74. The van der Waals surface area contributed by atoms with Gasteiger partial charge in [-0.25, -0.2) is 15.0 Å². The summed E-state index contributed by atoms with van der Waals surface area (Å²) in [5.74, 6) is 0.561. The largest absolute Gasteiger partial charge is 0.376 e. The average molecular weight is 491 g/mol. The van der Waals surface area contributed by atoms with E-state index in [0.717, 1.165) is 51.8 Å². The van der Waals surface area contributed by atoms with Crippen LogP contribution in [0, 0.1) is 13.8 Å². The average Bonchev–Trinajstić information content (AvgIpc) is 3.50. The molecule has 34 heavy (non-hydrogen) atoms. The van der Waals surface area contributed by atoms with Crippen molar-refractivity contribution in [2.24, 2.45) is 0 Å². The topological polar surface area (TPSA) is 68.2 Å². The van der Waals surface area contributed by atoms with Crippen LogP contribution in [0.15, 0.2) is 59.8 Å². The number of fused-ring (bicyclic) bond motifs is 1. The van der Waals surface area contributed by atoms with Gasteiger partial charge in [0.05, 0.1) is 22.9 Å². The van der Waals surface area contributed by atoms with Gasteiger partial charge < -0.3 is 4.74 Å². The van der Waals surface area contributed by atoms with Crippen molar-refractivity contribution in [1.29, 1.82) is 0 Å². The Labute approximate surface area is 207 Å². The molecule has 1 saturated heterocycles. The van der Waals surface area contributed by atoms with Crippen LogP contribution in [-0.4, -0.2) is 40.1 Å². The molecular formula is C26H26N4O2S2. The van der Waals surface area contributed by atoms with Gasteiger partial charge in [-0.3, -0.25) is 9.69 Å². The van der Waals surface area contributed by atoms with Gasteiger partial charge in [0.25, 0.3) is 5.91 Å². The first-order valence-electron chi connectivity index (χ1n) is 11.4. The van der Waals surface area contributed by atoms with Crippen LogP contribution in [0.2, 0.25) is 0 Å². The maximum atomic E-state index is 13.9.